The summed E-state index contributed by atoms with van der Waals surface area (Å²) >= 11 is 0. The van der Waals surface area contributed by atoms with E-state index in [4.69, 9.17) is 19.4 Å². The summed E-state index contributed by atoms with van der Waals surface area (Å²) in [5.41, 5.74) is 4.18. The Labute approximate surface area is 246 Å². The van der Waals surface area contributed by atoms with Gasteiger partial charge in [0.05, 0.1) is 6.20 Å². The van der Waals surface area contributed by atoms with Crippen molar-refractivity contribution in [2.75, 3.05) is 0 Å². The van der Waals surface area contributed by atoms with Gasteiger partial charge < -0.3 is 4.42 Å². The number of nitrogens with zero attached hydrogens (tertiary/aromatic N) is 4. The predicted octanol–water partition coefficient (Wildman–Crippen LogP) is 9.63. The molecule has 5 heteroatoms. The minimum Gasteiger partial charge on any atom is -0.454 e. The van der Waals surface area contributed by atoms with Crippen LogP contribution in [0.4, 0.5) is 0 Å². The Kier molecular flexibility index (Phi) is 5.13. The van der Waals surface area contributed by atoms with E-state index >= 15 is 0 Å². The summed E-state index contributed by atoms with van der Waals surface area (Å²) < 4.78 is 6.16. The largest absolute Gasteiger partial charge is 0.454 e. The van der Waals surface area contributed by atoms with E-state index in [1.54, 1.807) is 6.20 Å². The van der Waals surface area contributed by atoms with Crippen molar-refractivity contribution in [1.82, 2.24) is 19.9 Å². The van der Waals surface area contributed by atoms with Crippen molar-refractivity contribution >= 4 is 54.3 Å². The highest BCUT2D eigenvalue weighted by Crippen LogP contribution is 2.40. The van der Waals surface area contributed by atoms with E-state index in [9.17, 15) is 0 Å². The smallest absolute Gasteiger partial charge is 0.166 e. The number of para-hydroxylation sites is 1. The van der Waals surface area contributed by atoms with E-state index < -0.39 is 0 Å². The Morgan fingerprint density at radius 2 is 1.09 bits per heavy atom. The maximum absolute atomic E-state index is 6.16. The van der Waals surface area contributed by atoms with Crippen molar-refractivity contribution in [3.8, 4) is 34.2 Å². The molecule has 0 bridgehead atoms. The van der Waals surface area contributed by atoms with Crippen molar-refractivity contribution in [3.63, 3.8) is 0 Å². The first-order valence-electron chi connectivity index (χ1n) is 14.2. The molecule has 0 saturated heterocycles. The van der Waals surface area contributed by atoms with Crippen LogP contribution in [0.3, 0.4) is 0 Å². The highest BCUT2D eigenvalue weighted by atomic mass is 16.3. The zero-order valence-corrected chi connectivity index (χ0v) is 22.9. The Bertz CT molecular complexity index is 2520. The summed E-state index contributed by atoms with van der Waals surface area (Å²) in [5, 5.41) is 8.89. The summed E-state index contributed by atoms with van der Waals surface area (Å²) in [5.74, 6) is 1.77. The second-order valence-corrected chi connectivity index (χ2v) is 10.7. The molecular weight excluding hydrogens is 528 g/mol. The van der Waals surface area contributed by atoms with Crippen LogP contribution in [0.2, 0.25) is 0 Å². The molecule has 6 aromatic carbocycles. The SMILES string of the molecule is c1ccc(-c2nc(-c3cncc4oc5ccccc5c34)nc(-c3cc4ccccc4c4ccc5ccccc5c34)n2)cc1. The predicted molar refractivity (Wildman–Crippen MR) is 174 cm³/mol. The summed E-state index contributed by atoms with van der Waals surface area (Å²) in [7, 11) is 0. The third kappa shape index (κ3) is 3.72. The fraction of sp³-hybridized carbons (Fsp3) is 0. The van der Waals surface area contributed by atoms with Gasteiger partial charge in [0, 0.05) is 39.0 Å². The van der Waals surface area contributed by atoms with E-state index in [1.165, 1.54) is 16.2 Å². The molecule has 9 aromatic rings. The van der Waals surface area contributed by atoms with Crippen LogP contribution < -0.4 is 0 Å². The van der Waals surface area contributed by atoms with Crippen LogP contribution in [-0.4, -0.2) is 19.9 Å². The Morgan fingerprint density at radius 3 is 1.95 bits per heavy atom. The number of fused-ring (bicyclic) bond motifs is 8. The minimum absolute atomic E-state index is 0.551. The van der Waals surface area contributed by atoms with E-state index in [1.807, 2.05) is 54.7 Å². The lowest BCUT2D eigenvalue weighted by atomic mass is 9.92. The zero-order valence-electron chi connectivity index (χ0n) is 22.9. The number of hydrogen-bond donors (Lipinski definition) is 0. The fourth-order valence-corrected chi connectivity index (χ4v) is 6.24. The highest BCUT2D eigenvalue weighted by Gasteiger charge is 2.20. The van der Waals surface area contributed by atoms with Crippen LogP contribution in [0, 0.1) is 0 Å². The minimum atomic E-state index is 0.551. The molecule has 0 aliphatic carbocycles. The van der Waals surface area contributed by atoms with Crippen LogP contribution in [0.15, 0.2) is 138 Å². The average molecular weight is 551 g/mol. The molecule has 0 unspecified atom stereocenters. The third-order valence-electron chi connectivity index (χ3n) is 8.19. The lowest BCUT2D eigenvalue weighted by molar-refractivity contribution is 0.667. The van der Waals surface area contributed by atoms with Crippen molar-refractivity contribution in [1.29, 1.82) is 0 Å². The number of rotatable bonds is 3. The van der Waals surface area contributed by atoms with Gasteiger partial charge >= 0.3 is 0 Å². The standard InChI is InChI=1S/C38H22N4O/c1-2-11-24(12-3-1)36-40-37(42-38(41-36)31-21-39-22-33-35(31)29-16-8-9-17-32(29)43-33)30-20-25-13-5-6-14-26(25)28-19-18-23-10-4-7-15-27(23)34(28)30/h1-22H. The number of aromatic nitrogens is 4. The van der Waals surface area contributed by atoms with Gasteiger partial charge in [-0.1, -0.05) is 109 Å². The lowest BCUT2D eigenvalue weighted by Crippen LogP contribution is -2.01. The van der Waals surface area contributed by atoms with Crippen LogP contribution in [0.5, 0.6) is 0 Å². The summed E-state index contributed by atoms with van der Waals surface area (Å²) in [4.78, 5) is 19.9. The molecule has 0 N–H and O–H groups in total. The first-order chi connectivity index (χ1) is 21.3. The van der Waals surface area contributed by atoms with E-state index in [2.05, 4.69) is 77.8 Å². The van der Waals surface area contributed by atoms with Gasteiger partial charge in [0.25, 0.3) is 0 Å². The quantitative estimate of drug-likeness (QED) is 0.205. The fourth-order valence-electron chi connectivity index (χ4n) is 6.24. The third-order valence-corrected chi connectivity index (χ3v) is 8.19. The maximum Gasteiger partial charge on any atom is 0.166 e. The Hall–Kier alpha value is -5.94. The number of pyridine rings is 1. The number of benzene rings is 6. The highest BCUT2D eigenvalue weighted by molar-refractivity contribution is 6.22. The molecule has 0 spiro atoms. The monoisotopic (exact) mass is 550 g/mol. The van der Waals surface area contributed by atoms with Gasteiger partial charge in [-0.15, -0.1) is 0 Å². The maximum atomic E-state index is 6.16. The molecule has 0 aliphatic heterocycles. The molecule has 43 heavy (non-hydrogen) atoms. The molecule has 5 nitrogen and oxygen atoms in total. The van der Waals surface area contributed by atoms with Crippen molar-refractivity contribution < 1.29 is 4.42 Å². The van der Waals surface area contributed by atoms with E-state index in [0.717, 1.165) is 49.2 Å². The van der Waals surface area contributed by atoms with Gasteiger partial charge in [0.15, 0.2) is 23.1 Å². The second-order valence-electron chi connectivity index (χ2n) is 10.7. The Morgan fingerprint density at radius 1 is 0.419 bits per heavy atom. The first-order valence-corrected chi connectivity index (χ1v) is 14.2. The van der Waals surface area contributed by atoms with Crippen LogP contribution in [-0.2, 0) is 0 Å². The molecule has 200 valence electrons. The molecule has 3 aromatic heterocycles. The summed E-state index contributed by atoms with van der Waals surface area (Å²) in [6.45, 7) is 0. The van der Waals surface area contributed by atoms with Crippen LogP contribution in [0.1, 0.15) is 0 Å². The lowest BCUT2D eigenvalue weighted by Gasteiger charge is -2.14. The number of hydrogen-bond acceptors (Lipinski definition) is 5. The van der Waals surface area contributed by atoms with Gasteiger partial charge in [0.2, 0.25) is 0 Å². The Balaban J connectivity index is 1.42. The van der Waals surface area contributed by atoms with Gasteiger partial charge in [-0.3, -0.25) is 4.98 Å². The molecule has 0 atom stereocenters. The molecule has 3 heterocycles. The van der Waals surface area contributed by atoms with E-state index in [-0.39, 0.29) is 0 Å². The molecular formula is C38H22N4O. The summed E-state index contributed by atoms with van der Waals surface area (Å²) in [6, 6.07) is 41.7. The molecule has 9 rings (SSSR count). The van der Waals surface area contributed by atoms with Crippen molar-refractivity contribution in [2.45, 2.75) is 0 Å². The first kappa shape index (κ1) is 23.7. The van der Waals surface area contributed by atoms with Gasteiger partial charge in [-0.2, -0.15) is 0 Å². The van der Waals surface area contributed by atoms with Crippen LogP contribution >= 0.6 is 0 Å². The van der Waals surface area contributed by atoms with Gasteiger partial charge in [-0.25, -0.2) is 15.0 Å². The van der Waals surface area contributed by atoms with E-state index in [0.29, 0.717) is 23.1 Å². The normalized spacial score (nSPS) is 11.7. The van der Waals surface area contributed by atoms with Crippen LogP contribution in [0.25, 0.3) is 88.4 Å². The topological polar surface area (TPSA) is 64.7 Å². The molecule has 0 fully saturated rings. The van der Waals surface area contributed by atoms with Crippen molar-refractivity contribution in [3.05, 3.63) is 134 Å². The molecule has 0 saturated carbocycles. The summed E-state index contributed by atoms with van der Waals surface area (Å²) in [6.07, 6.45) is 3.58. The molecule has 0 amide bonds. The van der Waals surface area contributed by atoms with Gasteiger partial charge in [-0.05, 0) is 39.1 Å². The zero-order chi connectivity index (χ0) is 28.3. The number of furan rings is 1. The van der Waals surface area contributed by atoms with Gasteiger partial charge in [0.1, 0.15) is 5.58 Å². The molecule has 0 radical (unpaired) electrons. The molecule has 0 aliphatic rings. The average Bonchev–Trinajstić information content (AvgIpc) is 3.47. The second kappa shape index (κ2) is 9.29. The van der Waals surface area contributed by atoms with Crippen molar-refractivity contribution in [2.24, 2.45) is 0 Å².